The molecule has 194 valence electrons. The molecule has 2 aliphatic heterocycles. The Kier molecular flexibility index (Phi) is 7.96. The lowest BCUT2D eigenvalue weighted by Gasteiger charge is -2.41. The highest BCUT2D eigenvalue weighted by Gasteiger charge is 2.24. The number of aromatic nitrogens is 3. The summed E-state index contributed by atoms with van der Waals surface area (Å²) in [5, 5.41) is 4.27. The van der Waals surface area contributed by atoms with Gasteiger partial charge in [0.05, 0.1) is 16.9 Å². The van der Waals surface area contributed by atoms with E-state index in [4.69, 9.17) is 21.3 Å². The van der Waals surface area contributed by atoms with Crippen LogP contribution < -0.4 is 10.2 Å². The Morgan fingerprint density at radius 1 is 1.14 bits per heavy atom. The Labute approximate surface area is 219 Å². The molecular weight excluding hydrogens is 474 g/mol. The van der Waals surface area contributed by atoms with Gasteiger partial charge < -0.3 is 24.8 Å². The maximum absolute atomic E-state index is 6.57. The fourth-order valence-corrected chi connectivity index (χ4v) is 5.56. The van der Waals surface area contributed by atoms with Gasteiger partial charge in [0, 0.05) is 63.2 Å². The van der Waals surface area contributed by atoms with E-state index in [2.05, 4.69) is 68.2 Å². The lowest BCUT2D eigenvalue weighted by atomic mass is 10.1. The van der Waals surface area contributed by atoms with Crippen LogP contribution in [0.5, 0.6) is 0 Å². The highest BCUT2D eigenvalue weighted by atomic mass is 35.5. The molecule has 8 nitrogen and oxygen atoms in total. The second-order valence-corrected chi connectivity index (χ2v) is 10.6. The maximum Gasteiger partial charge on any atom is 0.159 e. The van der Waals surface area contributed by atoms with Gasteiger partial charge >= 0.3 is 0 Å². The second-order valence-electron chi connectivity index (χ2n) is 10.2. The van der Waals surface area contributed by atoms with Crippen molar-refractivity contribution in [1.82, 2.24) is 24.8 Å². The number of fused-ring (bicyclic) bond motifs is 1. The monoisotopic (exact) mass is 511 g/mol. The van der Waals surface area contributed by atoms with Gasteiger partial charge in [0.25, 0.3) is 0 Å². The van der Waals surface area contributed by atoms with Crippen molar-refractivity contribution >= 4 is 34.1 Å². The molecule has 0 amide bonds. The highest BCUT2D eigenvalue weighted by molar-refractivity contribution is 6.34. The van der Waals surface area contributed by atoms with Gasteiger partial charge in [-0.25, -0.2) is 9.97 Å². The van der Waals surface area contributed by atoms with Crippen molar-refractivity contribution < 1.29 is 4.74 Å². The molecule has 9 heteroatoms. The molecule has 0 spiro atoms. The van der Waals surface area contributed by atoms with Crippen LogP contribution in [0, 0.1) is 0 Å². The van der Waals surface area contributed by atoms with E-state index in [9.17, 15) is 0 Å². The minimum atomic E-state index is 0.395. The Morgan fingerprint density at radius 2 is 1.92 bits per heavy atom. The number of ether oxygens (including phenoxy) is 1. The van der Waals surface area contributed by atoms with Crippen molar-refractivity contribution in [2.24, 2.45) is 0 Å². The van der Waals surface area contributed by atoms with Gasteiger partial charge in [0.15, 0.2) is 5.65 Å². The van der Waals surface area contributed by atoms with E-state index in [-0.39, 0.29) is 0 Å². The van der Waals surface area contributed by atoms with Crippen molar-refractivity contribution in [3.05, 3.63) is 35.5 Å². The molecule has 0 aliphatic carbocycles. The number of H-pyrrole nitrogens is 1. The van der Waals surface area contributed by atoms with E-state index >= 15 is 0 Å². The van der Waals surface area contributed by atoms with Gasteiger partial charge in [0.1, 0.15) is 11.3 Å². The fourth-order valence-electron chi connectivity index (χ4n) is 5.37. The number of nitrogens with zero attached hydrogens (tertiary/aromatic N) is 5. The first-order valence-corrected chi connectivity index (χ1v) is 13.5. The molecule has 1 atom stereocenters. The smallest absolute Gasteiger partial charge is 0.159 e. The molecule has 36 heavy (non-hydrogen) atoms. The number of halogens is 1. The van der Waals surface area contributed by atoms with Gasteiger partial charge in [-0.2, -0.15) is 0 Å². The van der Waals surface area contributed by atoms with Gasteiger partial charge in [-0.1, -0.05) is 11.6 Å². The number of hydrogen-bond donors (Lipinski definition) is 2. The van der Waals surface area contributed by atoms with Crippen LogP contribution in [0.3, 0.4) is 0 Å². The fraction of sp³-hybridized carbons (Fsp3) is 0.556. The van der Waals surface area contributed by atoms with Crippen molar-refractivity contribution in [2.45, 2.75) is 38.3 Å². The molecule has 1 unspecified atom stereocenters. The van der Waals surface area contributed by atoms with Crippen LogP contribution in [0.2, 0.25) is 5.02 Å². The van der Waals surface area contributed by atoms with Crippen LogP contribution in [0.15, 0.2) is 30.5 Å². The molecule has 2 fully saturated rings. The summed E-state index contributed by atoms with van der Waals surface area (Å²) in [6, 6.07) is 9.62. The molecule has 0 radical (unpaired) electrons. The largest absolute Gasteiger partial charge is 0.385 e. The summed E-state index contributed by atoms with van der Waals surface area (Å²) in [6.07, 6.45) is 4.98. The highest BCUT2D eigenvalue weighted by Crippen LogP contribution is 2.32. The number of methoxy groups -OCH3 is 1. The van der Waals surface area contributed by atoms with E-state index in [1.165, 1.54) is 5.69 Å². The van der Waals surface area contributed by atoms with Crippen molar-refractivity contribution in [2.75, 3.05) is 70.2 Å². The minimum Gasteiger partial charge on any atom is -0.385 e. The van der Waals surface area contributed by atoms with E-state index in [0.29, 0.717) is 17.1 Å². The van der Waals surface area contributed by atoms with Crippen LogP contribution in [-0.2, 0) is 4.74 Å². The summed E-state index contributed by atoms with van der Waals surface area (Å²) in [6.45, 7) is 9.56. The standard InChI is InChI=1S/C27H38ClN7O/c1-19-18-35(15-14-34(19)11-4-16-36-3)22-7-5-20(6-8-22)26-31-25-24(23(28)17-29-27(25)32-26)30-21-9-12-33(2)13-10-21/h5-8,17,19,21H,4,9-16,18H2,1-3H3,(H2,29,30,31,32). The second kappa shape index (κ2) is 11.3. The van der Waals surface area contributed by atoms with Gasteiger partial charge in [-0.3, -0.25) is 4.90 Å². The van der Waals surface area contributed by atoms with Crippen molar-refractivity contribution in [1.29, 1.82) is 0 Å². The number of anilines is 2. The first kappa shape index (κ1) is 25.3. The quantitative estimate of drug-likeness (QED) is 0.436. The lowest BCUT2D eigenvalue weighted by molar-refractivity contribution is 0.146. The number of nitrogens with one attached hydrogen (secondary N) is 2. The van der Waals surface area contributed by atoms with Crippen molar-refractivity contribution in [3.63, 3.8) is 0 Å². The molecule has 3 aromatic rings. The number of likely N-dealkylation sites (tertiary alicyclic amines) is 1. The maximum atomic E-state index is 6.57. The van der Waals surface area contributed by atoms with Gasteiger partial charge in [-0.05, 0) is 70.6 Å². The molecule has 1 aromatic carbocycles. The average molecular weight is 512 g/mol. The van der Waals surface area contributed by atoms with Crippen LogP contribution in [0.4, 0.5) is 11.4 Å². The van der Waals surface area contributed by atoms with Crippen LogP contribution in [0.25, 0.3) is 22.6 Å². The molecular formula is C27H38ClN7O. The lowest BCUT2D eigenvalue weighted by Crippen LogP contribution is -2.52. The van der Waals surface area contributed by atoms with E-state index in [1.54, 1.807) is 13.3 Å². The third kappa shape index (κ3) is 5.62. The number of rotatable bonds is 8. The molecule has 0 bridgehead atoms. The number of pyridine rings is 1. The Balaban J connectivity index is 1.28. The number of piperidine rings is 1. The molecule has 2 aromatic heterocycles. The molecule has 5 rings (SSSR count). The van der Waals surface area contributed by atoms with E-state index in [0.717, 1.165) is 93.4 Å². The topological polar surface area (TPSA) is 72.6 Å². The van der Waals surface area contributed by atoms with Crippen LogP contribution >= 0.6 is 11.6 Å². The zero-order chi connectivity index (χ0) is 25.1. The zero-order valence-corrected chi connectivity index (χ0v) is 22.4. The first-order valence-electron chi connectivity index (χ1n) is 13.1. The SMILES string of the molecule is COCCCN1CCN(c2ccc(-c3nc4c(NC5CCN(C)CC5)c(Cl)cnc4[nH]3)cc2)CC1C. The molecule has 0 saturated carbocycles. The summed E-state index contributed by atoms with van der Waals surface area (Å²) < 4.78 is 5.22. The molecule has 4 heterocycles. The summed E-state index contributed by atoms with van der Waals surface area (Å²) in [4.78, 5) is 20.2. The van der Waals surface area contributed by atoms with Gasteiger partial charge in [0.2, 0.25) is 0 Å². The minimum absolute atomic E-state index is 0.395. The van der Waals surface area contributed by atoms with E-state index < -0.39 is 0 Å². The normalized spacial score (nSPS) is 20.3. The van der Waals surface area contributed by atoms with Gasteiger partial charge in [-0.15, -0.1) is 0 Å². The Morgan fingerprint density at radius 3 is 2.64 bits per heavy atom. The third-order valence-corrected chi connectivity index (χ3v) is 7.89. The average Bonchev–Trinajstić information content (AvgIpc) is 3.33. The summed E-state index contributed by atoms with van der Waals surface area (Å²) in [7, 11) is 3.94. The predicted molar refractivity (Wildman–Crippen MR) is 148 cm³/mol. The number of hydrogen-bond acceptors (Lipinski definition) is 7. The molecule has 2 saturated heterocycles. The number of aromatic amines is 1. The van der Waals surface area contributed by atoms with E-state index in [1.807, 2.05) is 0 Å². The van der Waals surface area contributed by atoms with Crippen molar-refractivity contribution in [3.8, 4) is 11.4 Å². The zero-order valence-electron chi connectivity index (χ0n) is 21.6. The summed E-state index contributed by atoms with van der Waals surface area (Å²) in [5.74, 6) is 0.814. The summed E-state index contributed by atoms with van der Waals surface area (Å²) >= 11 is 6.57. The number of piperazine rings is 1. The third-order valence-electron chi connectivity index (χ3n) is 7.60. The molecule has 2 aliphatic rings. The molecule has 2 N–H and O–H groups in total. The predicted octanol–water partition coefficient (Wildman–Crippen LogP) is 4.33. The number of imidazole rings is 1. The van der Waals surface area contributed by atoms with Crippen LogP contribution in [-0.4, -0.2) is 96.9 Å². The number of benzene rings is 1. The summed E-state index contributed by atoms with van der Waals surface area (Å²) in [5.41, 5.74) is 4.74. The first-order chi connectivity index (χ1) is 17.5. The Bertz CT molecular complexity index is 1140. The Hall–Kier alpha value is -2.39. The van der Waals surface area contributed by atoms with Crippen LogP contribution in [0.1, 0.15) is 26.2 Å².